The Kier molecular flexibility index (Phi) is 5.89. The lowest BCUT2D eigenvalue weighted by Crippen LogP contribution is -2.16. The number of hydrogen-bond donors (Lipinski definition) is 2. The Labute approximate surface area is 181 Å². The van der Waals surface area contributed by atoms with Crippen LogP contribution < -0.4 is 5.32 Å². The number of anilines is 1. The van der Waals surface area contributed by atoms with Crippen molar-refractivity contribution in [3.05, 3.63) is 82.7 Å². The highest BCUT2D eigenvalue weighted by atomic mass is 16.4. The molecule has 2 N–H and O–H groups in total. The summed E-state index contributed by atoms with van der Waals surface area (Å²) in [6.45, 7) is 7.92. The second-order valence-corrected chi connectivity index (χ2v) is 8.35. The summed E-state index contributed by atoms with van der Waals surface area (Å²) in [5.41, 5.74) is 4.57. The summed E-state index contributed by atoms with van der Waals surface area (Å²) in [5, 5.41) is 21.3. The number of carboxylic acids is 1. The summed E-state index contributed by atoms with van der Waals surface area (Å²) >= 11 is 0. The van der Waals surface area contributed by atoms with Crippen LogP contribution in [0.1, 0.15) is 58.3 Å². The molecule has 0 saturated heterocycles. The van der Waals surface area contributed by atoms with Crippen molar-refractivity contribution in [3.63, 3.8) is 0 Å². The maximum atomic E-state index is 12.9. The molecule has 0 radical (unpaired) electrons. The molecule has 3 aromatic rings. The van der Waals surface area contributed by atoms with Crippen LogP contribution in [0.3, 0.4) is 0 Å². The number of rotatable bonds is 4. The molecule has 156 valence electrons. The zero-order chi connectivity index (χ0) is 22.8. The molecule has 2 aromatic carbocycles. The van der Waals surface area contributed by atoms with Crippen LogP contribution >= 0.6 is 0 Å². The molecule has 1 heterocycles. The average molecular weight is 413 g/mol. The van der Waals surface area contributed by atoms with Crippen molar-refractivity contribution in [1.29, 1.82) is 5.26 Å². The third-order valence-electron chi connectivity index (χ3n) is 4.98. The van der Waals surface area contributed by atoms with Crippen molar-refractivity contribution < 1.29 is 14.7 Å². The number of carbonyl (C=O) groups excluding carboxylic acids is 1. The van der Waals surface area contributed by atoms with Crippen LogP contribution in [-0.4, -0.2) is 22.0 Å². The fourth-order valence-electron chi connectivity index (χ4n) is 3.15. The van der Waals surface area contributed by atoms with Gasteiger partial charge in [0, 0.05) is 16.8 Å². The number of amides is 1. The van der Waals surface area contributed by atoms with Crippen molar-refractivity contribution in [2.45, 2.75) is 33.1 Å². The van der Waals surface area contributed by atoms with Crippen LogP contribution in [0.5, 0.6) is 0 Å². The maximum Gasteiger partial charge on any atom is 0.335 e. The number of nitrogens with zero attached hydrogens (tertiary/aromatic N) is 2. The number of aromatic nitrogens is 1. The van der Waals surface area contributed by atoms with Gasteiger partial charge >= 0.3 is 5.97 Å². The van der Waals surface area contributed by atoms with Crippen LogP contribution in [0.25, 0.3) is 11.1 Å². The molecule has 1 aromatic heterocycles. The fraction of sp³-hybridized carbons (Fsp3) is 0.200. The van der Waals surface area contributed by atoms with Gasteiger partial charge in [-0.1, -0.05) is 32.9 Å². The van der Waals surface area contributed by atoms with Crippen molar-refractivity contribution in [2.24, 2.45) is 0 Å². The quantitative estimate of drug-likeness (QED) is 0.614. The predicted octanol–water partition coefficient (Wildman–Crippen LogP) is 5.18. The van der Waals surface area contributed by atoms with Crippen LogP contribution in [0.2, 0.25) is 0 Å². The van der Waals surface area contributed by atoms with Gasteiger partial charge < -0.3 is 10.4 Å². The van der Waals surface area contributed by atoms with E-state index in [1.165, 1.54) is 12.1 Å². The van der Waals surface area contributed by atoms with Crippen LogP contribution in [0.15, 0.2) is 54.7 Å². The second-order valence-electron chi connectivity index (χ2n) is 8.35. The number of nitriles is 1. The van der Waals surface area contributed by atoms with Crippen LogP contribution in [-0.2, 0) is 5.41 Å². The Hall–Kier alpha value is -3.98. The van der Waals surface area contributed by atoms with E-state index in [9.17, 15) is 14.9 Å². The third-order valence-corrected chi connectivity index (χ3v) is 4.98. The van der Waals surface area contributed by atoms with E-state index in [-0.39, 0.29) is 16.9 Å². The minimum Gasteiger partial charge on any atom is -0.478 e. The standard InChI is InChI=1S/C25H23N3O3/c1-15-22(17-5-7-18(8-6-17)24(30)31)12-21(14-27-15)28-23(29)19-9-16(13-26)10-20(11-19)25(2,3)4/h5-12,14H,1-4H3,(H,28,29)(H,30,31). The van der Waals surface area contributed by atoms with Gasteiger partial charge in [-0.05, 0) is 59.9 Å². The largest absolute Gasteiger partial charge is 0.478 e. The minimum atomic E-state index is -0.989. The molecule has 0 saturated carbocycles. The molecule has 0 aliphatic carbocycles. The van der Waals surface area contributed by atoms with Gasteiger partial charge in [-0.15, -0.1) is 0 Å². The first-order valence-corrected chi connectivity index (χ1v) is 9.76. The van der Waals surface area contributed by atoms with Crippen LogP contribution in [0.4, 0.5) is 5.69 Å². The highest BCUT2D eigenvalue weighted by Crippen LogP contribution is 2.27. The molecule has 3 rings (SSSR count). The molecule has 6 heteroatoms. The van der Waals surface area contributed by atoms with Crippen molar-refractivity contribution in [1.82, 2.24) is 4.98 Å². The summed E-state index contributed by atoms with van der Waals surface area (Å²) in [6, 6.07) is 15.6. The van der Waals surface area contributed by atoms with E-state index in [0.29, 0.717) is 16.8 Å². The predicted molar refractivity (Wildman–Crippen MR) is 119 cm³/mol. The highest BCUT2D eigenvalue weighted by Gasteiger charge is 2.18. The SMILES string of the molecule is Cc1ncc(NC(=O)c2cc(C#N)cc(C(C)(C)C)c2)cc1-c1ccc(C(=O)O)cc1. The zero-order valence-electron chi connectivity index (χ0n) is 17.9. The first-order valence-electron chi connectivity index (χ1n) is 9.76. The van der Waals surface area contributed by atoms with Crippen LogP contribution in [0, 0.1) is 18.3 Å². The first kappa shape index (κ1) is 21.7. The molecule has 0 aliphatic rings. The molecule has 0 spiro atoms. The topological polar surface area (TPSA) is 103 Å². The van der Waals surface area contributed by atoms with Crippen molar-refractivity contribution in [3.8, 4) is 17.2 Å². The van der Waals surface area contributed by atoms with Gasteiger partial charge in [-0.25, -0.2) is 4.79 Å². The third kappa shape index (κ3) is 4.96. The number of benzene rings is 2. The lowest BCUT2D eigenvalue weighted by atomic mass is 9.85. The molecule has 0 aliphatic heterocycles. The van der Waals surface area contributed by atoms with Gasteiger partial charge in [0.2, 0.25) is 0 Å². The summed E-state index contributed by atoms with van der Waals surface area (Å²) < 4.78 is 0. The number of nitrogens with one attached hydrogen (secondary N) is 1. The molecular weight excluding hydrogens is 390 g/mol. The Bertz CT molecular complexity index is 1200. The monoisotopic (exact) mass is 413 g/mol. The first-order chi connectivity index (χ1) is 14.6. The molecule has 0 atom stereocenters. The molecule has 0 bridgehead atoms. The van der Waals surface area contributed by atoms with Gasteiger partial charge in [0.05, 0.1) is 29.1 Å². The molecule has 0 unspecified atom stereocenters. The van der Waals surface area contributed by atoms with E-state index in [1.54, 1.807) is 42.6 Å². The Morgan fingerprint density at radius 3 is 2.29 bits per heavy atom. The van der Waals surface area contributed by atoms with Crippen molar-refractivity contribution >= 4 is 17.6 Å². The lowest BCUT2D eigenvalue weighted by Gasteiger charge is -2.20. The van der Waals surface area contributed by atoms with Gasteiger partial charge in [-0.3, -0.25) is 9.78 Å². The molecular formula is C25H23N3O3. The number of pyridine rings is 1. The summed E-state index contributed by atoms with van der Waals surface area (Å²) in [4.78, 5) is 28.3. The zero-order valence-corrected chi connectivity index (χ0v) is 17.9. The highest BCUT2D eigenvalue weighted by molar-refractivity contribution is 6.05. The number of hydrogen-bond acceptors (Lipinski definition) is 4. The molecule has 1 amide bonds. The summed E-state index contributed by atoms with van der Waals surface area (Å²) in [7, 11) is 0. The smallest absolute Gasteiger partial charge is 0.335 e. The maximum absolute atomic E-state index is 12.9. The summed E-state index contributed by atoms with van der Waals surface area (Å²) in [6.07, 6.45) is 1.57. The number of carbonyl (C=O) groups is 2. The van der Waals surface area contributed by atoms with E-state index < -0.39 is 5.97 Å². The normalized spacial score (nSPS) is 10.9. The van der Waals surface area contributed by atoms with E-state index in [0.717, 1.165) is 22.4 Å². The minimum absolute atomic E-state index is 0.200. The van der Waals surface area contributed by atoms with E-state index in [2.05, 4.69) is 16.4 Å². The van der Waals surface area contributed by atoms with Gasteiger partial charge in [-0.2, -0.15) is 5.26 Å². The Morgan fingerprint density at radius 2 is 1.71 bits per heavy atom. The van der Waals surface area contributed by atoms with E-state index in [4.69, 9.17) is 5.11 Å². The van der Waals surface area contributed by atoms with E-state index >= 15 is 0 Å². The molecule has 0 fully saturated rings. The van der Waals surface area contributed by atoms with Gasteiger partial charge in [0.25, 0.3) is 5.91 Å². The Balaban J connectivity index is 1.92. The molecule has 6 nitrogen and oxygen atoms in total. The molecule has 31 heavy (non-hydrogen) atoms. The fourth-order valence-corrected chi connectivity index (χ4v) is 3.15. The second kappa shape index (κ2) is 8.41. The number of aryl methyl sites for hydroxylation is 1. The van der Waals surface area contributed by atoms with Crippen molar-refractivity contribution in [2.75, 3.05) is 5.32 Å². The van der Waals surface area contributed by atoms with Gasteiger partial charge in [0.15, 0.2) is 0 Å². The van der Waals surface area contributed by atoms with E-state index in [1.807, 2.05) is 27.7 Å². The Morgan fingerprint density at radius 1 is 1.03 bits per heavy atom. The summed E-state index contributed by atoms with van der Waals surface area (Å²) in [5.74, 6) is -1.32. The number of aromatic carboxylic acids is 1. The van der Waals surface area contributed by atoms with Gasteiger partial charge in [0.1, 0.15) is 0 Å². The lowest BCUT2D eigenvalue weighted by molar-refractivity contribution is 0.0696. The average Bonchev–Trinajstić information content (AvgIpc) is 2.74. The number of carboxylic acid groups (broad SMARTS) is 1.